The van der Waals surface area contributed by atoms with Crippen molar-refractivity contribution in [1.29, 1.82) is 0 Å². The minimum absolute atomic E-state index is 0.482. The van der Waals surface area contributed by atoms with Crippen molar-refractivity contribution in [3.63, 3.8) is 0 Å². The summed E-state index contributed by atoms with van der Waals surface area (Å²) in [6, 6.07) is 9.73. The molecule has 0 amide bonds. The topological polar surface area (TPSA) is 29.9 Å². The van der Waals surface area contributed by atoms with Gasteiger partial charge in [-0.1, -0.05) is 31.5 Å². The third kappa shape index (κ3) is 2.41. The molecule has 3 rings (SSSR count). The molecule has 1 aliphatic rings. The van der Waals surface area contributed by atoms with Crippen LogP contribution in [0.4, 0.5) is 0 Å². The third-order valence-corrected chi connectivity index (χ3v) is 3.69. The lowest BCUT2D eigenvalue weighted by Gasteiger charge is -2.18. The van der Waals surface area contributed by atoms with Gasteiger partial charge < -0.3 is 5.32 Å². The fraction of sp³-hybridized carbons (Fsp3) is 0.533. The second kappa shape index (κ2) is 5.11. The van der Waals surface area contributed by atoms with Gasteiger partial charge in [-0.25, -0.2) is 0 Å². The predicted octanol–water partition coefficient (Wildman–Crippen LogP) is 3.13. The molecule has 1 atom stereocenters. The summed E-state index contributed by atoms with van der Waals surface area (Å²) < 4.78 is 2.20. The van der Waals surface area contributed by atoms with Crippen molar-refractivity contribution in [2.24, 2.45) is 0 Å². The van der Waals surface area contributed by atoms with Gasteiger partial charge in [0.1, 0.15) is 0 Å². The zero-order valence-corrected chi connectivity index (χ0v) is 11.0. The number of fused-ring (bicyclic) bond motifs is 1. The Morgan fingerprint density at radius 3 is 3.00 bits per heavy atom. The van der Waals surface area contributed by atoms with Crippen LogP contribution >= 0.6 is 0 Å². The van der Waals surface area contributed by atoms with Crippen molar-refractivity contribution in [3.8, 4) is 0 Å². The smallest absolute Gasteiger partial charge is 0.0686 e. The Bertz CT molecular complexity index is 513. The molecule has 3 heteroatoms. The number of nitrogens with zero attached hydrogens (tertiary/aromatic N) is 2. The first kappa shape index (κ1) is 11.7. The van der Waals surface area contributed by atoms with E-state index in [1.165, 1.54) is 36.6 Å². The molecule has 1 fully saturated rings. The van der Waals surface area contributed by atoms with Gasteiger partial charge in [-0.05, 0) is 25.3 Å². The van der Waals surface area contributed by atoms with E-state index in [2.05, 4.69) is 46.3 Å². The number of hydrogen-bond donors (Lipinski definition) is 1. The van der Waals surface area contributed by atoms with Crippen molar-refractivity contribution in [3.05, 3.63) is 30.5 Å². The van der Waals surface area contributed by atoms with Gasteiger partial charge in [-0.2, -0.15) is 5.10 Å². The fourth-order valence-corrected chi connectivity index (χ4v) is 2.52. The van der Waals surface area contributed by atoms with E-state index < -0.39 is 0 Å². The lowest BCUT2D eigenvalue weighted by Crippen LogP contribution is -2.27. The first-order valence-electron chi connectivity index (χ1n) is 7.04. The Morgan fingerprint density at radius 2 is 2.22 bits per heavy atom. The van der Waals surface area contributed by atoms with Crippen molar-refractivity contribution < 1.29 is 0 Å². The molecule has 1 saturated carbocycles. The molecular weight excluding hydrogens is 222 g/mol. The number of aromatic nitrogens is 2. The van der Waals surface area contributed by atoms with E-state index in [-0.39, 0.29) is 0 Å². The standard InChI is InChI=1S/C15H21N3/c1-2-5-14(11-16-13-8-9-13)18-15-7-4-3-6-12(15)10-17-18/h3-4,6-7,10,13-14,16H,2,5,8-9,11H2,1H3. The SMILES string of the molecule is CCCC(CNC1CC1)n1ncc2ccccc21. The molecule has 1 aromatic carbocycles. The molecule has 1 N–H and O–H groups in total. The van der Waals surface area contributed by atoms with Crippen LogP contribution in [0.2, 0.25) is 0 Å². The van der Waals surface area contributed by atoms with E-state index in [1.807, 2.05) is 6.20 Å². The monoisotopic (exact) mass is 243 g/mol. The molecule has 0 radical (unpaired) electrons. The molecule has 18 heavy (non-hydrogen) atoms. The minimum Gasteiger partial charge on any atom is -0.312 e. The van der Waals surface area contributed by atoms with Gasteiger partial charge in [0.05, 0.1) is 17.8 Å². The molecule has 1 aromatic heterocycles. The van der Waals surface area contributed by atoms with Crippen LogP contribution in [0, 0.1) is 0 Å². The van der Waals surface area contributed by atoms with E-state index in [0.717, 1.165) is 12.6 Å². The molecule has 3 nitrogen and oxygen atoms in total. The van der Waals surface area contributed by atoms with Crippen molar-refractivity contribution >= 4 is 10.9 Å². The quantitative estimate of drug-likeness (QED) is 0.844. The second-order valence-corrected chi connectivity index (χ2v) is 5.27. The van der Waals surface area contributed by atoms with Crippen LogP contribution in [0.1, 0.15) is 38.6 Å². The lowest BCUT2D eigenvalue weighted by atomic mass is 10.1. The van der Waals surface area contributed by atoms with Gasteiger partial charge in [0.25, 0.3) is 0 Å². The highest BCUT2D eigenvalue weighted by Gasteiger charge is 2.22. The van der Waals surface area contributed by atoms with Crippen LogP contribution in [0.15, 0.2) is 30.5 Å². The average molecular weight is 243 g/mol. The minimum atomic E-state index is 0.482. The summed E-state index contributed by atoms with van der Waals surface area (Å²) in [4.78, 5) is 0. The Labute approximate surface area is 108 Å². The normalized spacial score (nSPS) is 17.2. The largest absolute Gasteiger partial charge is 0.312 e. The van der Waals surface area contributed by atoms with Gasteiger partial charge in [0, 0.05) is 18.0 Å². The van der Waals surface area contributed by atoms with Gasteiger partial charge in [0.15, 0.2) is 0 Å². The molecule has 96 valence electrons. The maximum Gasteiger partial charge on any atom is 0.0686 e. The van der Waals surface area contributed by atoms with Gasteiger partial charge in [-0.3, -0.25) is 4.68 Å². The van der Waals surface area contributed by atoms with Crippen LogP contribution in [-0.4, -0.2) is 22.4 Å². The van der Waals surface area contributed by atoms with Crippen LogP contribution in [0.5, 0.6) is 0 Å². The first-order chi connectivity index (χ1) is 8.88. The molecule has 0 bridgehead atoms. The van der Waals surface area contributed by atoms with Gasteiger partial charge in [-0.15, -0.1) is 0 Å². The zero-order chi connectivity index (χ0) is 12.4. The maximum absolute atomic E-state index is 4.59. The molecule has 0 aliphatic heterocycles. The molecular formula is C15H21N3. The van der Waals surface area contributed by atoms with Crippen LogP contribution in [0.25, 0.3) is 10.9 Å². The predicted molar refractivity (Wildman–Crippen MR) is 74.7 cm³/mol. The molecule has 0 saturated heterocycles. The van der Waals surface area contributed by atoms with Crippen molar-refractivity contribution in [1.82, 2.24) is 15.1 Å². The van der Waals surface area contributed by atoms with Crippen LogP contribution in [0.3, 0.4) is 0 Å². The summed E-state index contributed by atoms with van der Waals surface area (Å²) in [5, 5.41) is 9.46. The lowest BCUT2D eigenvalue weighted by molar-refractivity contribution is 0.404. The zero-order valence-electron chi connectivity index (χ0n) is 11.0. The Kier molecular flexibility index (Phi) is 3.33. The summed E-state index contributed by atoms with van der Waals surface area (Å²) in [6.07, 6.45) is 7.06. The van der Waals surface area contributed by atoms with Gasteiger partial charge >= 0.3 is 0 Å². The number of benzene rings is 1. The Hall–Kier alpha value is -1.35. The Morgan fingerprint density at radius 1 is 1.39 bits per heavy atom. The highest BCUT2D eigenvalue weighted by Crippen LogP contribution is 2.23. The third-order valence-electron chi connectivity index (χ3n) is 3.69. The summed E-state index contributed by atoms with van der Waals surface area (Å²) in [7, 11) is 0. The number of nitrogens with one attached hydrogen (secondary N) is 1. The van der Waals surface area contributed by atoms with Crippen LogP contribution < -0.4 is 5.32 Å². The molecule has 1 unspecified atom stereocenters. The van der Waals surface area contributed by atoms with E-state index >= 15 is 0 Å². The molecule has 1 aliphatic carbocycles. The molecule has 1 heterocycles. The number of para-hydroxylation sites is 1. The molecule has 2 aromatic rings. The molecule has 0 spiro atoms. The van der Waals surface area contributed by atoms with E-state index in [9.17, 15) is 0 Å². The van der Waals surface area contributed by atoms with E-state index in [4.69, 9.17) is 0 Å². The van der Waals surface area contributed by atoms with E-state index in [1.54, 1.807) is 0 Å². The summed E-state index contributed by atoms with van der Waals surface area (Å²) in [5.41, 5.74) is 1.26. The van der Waals surface area contributed by atoms with Crippen LogP contribution in [-0.2, 0) is 0 Å². The average Bonchev–Trinajstić information content (AvgIpc) is 3.13. The summed E-state index contributed by atoms with van der Waals surface area (Å²) in [5.74, 6) is 0. The van der Waals surface area contributed by atoms with Crippen molar-refractivity contribution in [2.45, 2.75) is 44.7 Å². The first-order valence-corrected chi connectivity index (χ1v) is 7.04. The van der Waals surface area contributed by atoms with Gasteiger partial charge in [0.2, 0.25) is 0 Å². The fourth-order valence-electron chi connectivity index (χ4n) is 2.52. The second-order valence-electron chi connectivity index (χ2n) is 5.27. The van der Waals surface area contributed by atoms with Crippen molar-refractivity contribution in [2.75, 3.05) is 6.54 Å². The highest BCUT2D eigenvalue weighted by atomic mass is 15.3. The summed E-state index contributed by atoms with van der Waals surface area (Å²) >= 11 is 0. The highest BCUT2D eigenvalue weighted by molar-refractivity contribution is 5.78. The number of hydrogen-bond acceptors (Lipinski definition) is 2. The maximum atomic E-state index is 4.59. The van der Waals surface area contributed by atoms with E-state index in [0.29, 0.717) is 6.04 Å². The summed E-state index contributed by atoms with van der Waals surface area (Å²) in [6.45, 7) is 3.29. The Balaban J connectivity index is 1.82. The number of rotatable bonds is 6.